The predicted molar refractivity (Wildman–Crippen MR) is 90.4 cm³/mol. The molecule has 134 valence electrons. The van der Waals surface area contributed by atoms with Gasteiger partial charge in [0.1, 0.15) is 0 Å². The number of ether oxygens (including phenoxy) is 1. The average Bonchev–Trinajstić information content (AvgIpc) is 3.04. The molecule has 3 amide bonds. The summed E-state index contributed by atoms with van der Waals surface area (Å²) in [6, 6.07) is 7.40. The van der Waals surface area contributed by atoms with Gasteiger partial charge < -0.3 is 19.9 Å². The molecule has 25 heavy (non-hydrogen) atoms. The minimum absolute atomic E-state index is 0.112. The first-order valence-electron chi connectivity index (χ1n) is 8.55. The van der Waals surface area contributed by atoms with Crippen LogP contribution in [0.2, 0.25) is 0 Å². The summed E-state index contributed by atoms with van der Waals surface area (Å²) in [6.07, 6.45) is 1.43. The molecule has 1 N–H and O–H groups in total. The maximum atomic E-state index is 12.3. The standard InChI is InChI=1S/C18H23N3O4/c1-20(9-10-21-8-4-7-16(21)22)18(24)17(23)19-15-12-25-11-13-5-2-3-6-14(13)15/h2-3,5-6,15H,4,7-12H2,1H3,(H,19,23). The molecule has 0 radical (unpaired) electrons. The first kappa shape index (κ1) is 17.4. The second-order valence-electron chi connectivity index (χ2n) is 6.45. The van der Waals surface area contributed by atoms with Crippen molar-refractivity contribution < 1.29 is 19.1 Å². The largest absolute Gasteiger partial charge is 0.374 e. The number of carbonyl (C=O) groups is 3. The molecule has 2 heterocycles. The van der Waals surface area contributed by atoms with E-state index in [4.69, 9.17) is 4.74 Å². The summed E-state index contributed by atoms with van der Waals surface area (Å²) in [5.41, 5.74) is 2.01. The van der Waals surface area contributed by atoms with Gasteiger partial charge in [0.05, 0.1) is 19.3 Å². The van der Waals surface area contributed by atoms with Crippen LogP contribution < -0.4 is 5.32 Å². The average molecular weight is 345 g/mol. The van der Waals surface area contributed by atoms with Crippen LogP contribution in [0.15, 0.2) is 24.3 Å². The normalized spacial score (nSPS) is 19.5. The van der Waals surface area contributed by atoms with Crippen LogP contribution in [0.4, 0.5) is 0 Å². The molecule has 7 nitrogen and oxygen atoms in total. The molecule has 0 aliphatic carbocycles. The molecule has 1 saturated heterocycles. The van der Waals surface area contributed by atoms with Crippen LogP contribution in [0.1, 0.15) is 30.0 Å². The molecule has 1 unspecified atom stereocenters. The van der Waals surface area contributed by atoms with Gasteiger partial charge in [0.2, 0.25) is 5.91 Å². The Kier molecular flexibility index (Phi) is 5.33. The number of hydrogen-bond donors (Lipinski definition) is 1. The minimum atomic E-state index is -0.652. The number of hydrogen-bond acceptors (Lipinski definition) is 4. The van der Waals surface area contributed by atoms with E-state index in [1.54, 1.807) is 11.9 Å². The van der Waals surface area contributed by atoms with E-state index in [-0.39, 0.29) is 11.9 Å². The Labute approximate surface area is 146 Å². The molecule has 0 aromatic heterocycles. The summed E-state index contributed by atoms with van der Waals surface area (Å²) < 4.78 is 5.49. The summed E-state index contributed by atoms with van der Waals surface area (Å²) in [4.78, 5) is 39.3. The van der Waals surface area contributed by atoms with E-state index in [2.05, 4.69) is 5.32 Å². The van der Waals surface area contributed by atoms with Gasteiger partial charge in [-0.25, -0.2) is 0 Å². The molecule has 3 rings (SSSR count). The Bertz CT molecular complexity index is 676. The first-order chi connectivity index (χ1) is 12.1. The van der Waals surface area contributed by atoms with E-state index in [9.17, 15) is 14.4 Å². The van der Waals surface area contributed by atoms with Gasteiger partial charge in [-0.15, -0.1) is 0 Å². The van der Waals surface area contributed by atoms with Crippen molar-refractivity contribution in [3.8, 4) is 0 Å². The molecular formula is C18H23N3O4. The summed E-state index contributed by atoms with van der Waals surface area (Å²) in [5.74, 6) is -1.14. The molecule has 0 saturated carbocycles. The summed E-state index contributed by atoms with van der Waals surface area (Å²) in [6.45, 7) is 2.39. The quantitative estimate of drug-likeness (QED) is 0.804. The fourth-order valence-corrected chi connectivity index (χ4v) is 3.21. The van der Waals surface area contributed by atoms with Crippen molar-refractivity contribution in [1.29, 1.82) is 0 Å². The van der Waals surface area contributed by atoms with Crippen LogP contribution in [0.5, 0.6) is 0 Å². The van der Waals surface area contributed by atoms with E-state index < -0.39 is 11.8 Å². The summed E-state index contributed by atoms with van der Waals surface area (Å²) >= 11 is 0. The number of rotatable bonds is 4. The number of likely N-dealkylation sites (N-methyl/N-ethyl adjacent to an activating group) is 1. The van der Waals surface area contributed by atoms with Gasteiger partial charge in [0.25, 0.3) is 0 Å². The lowest BCUT2D eigenvalue weighted by Gasteiger charge is -2.27. The molecule has 2 aliphatic heterocycles. The van der Waals surface area contributed by atoms with Crippen LogP contribution in [0.3, 0.4) is 0 Å². The Morgan fingerprint density at radius 2 is 2.16 bits per heavy atom. The van der Waals surface area contributed by atoms with E-state index >= 15 is 0 Å². The van der Waals surface area contributed by atoms with E-state index in [1.165, 1.54) is 4.90 Å². The lowest BCUT2D eigenvalue weighted by atomic mass is 9.99. The Hall–Kier alpha value is -2.41. The second kappa shape index (κ2) is 7.65. The van der Waals surface area contributed by atoms with E-state index in [0.29, 0.717) is 32.7 Å². The van der Waals surface area contributed by atoms with Crippen molar-refractivity contribution in [2.24, 2.45) is 0 Å². The monoisotopic (exact) mass is 345 g/mol. The van der Waals surface area contributed by atoms with Gasteiger partial charge >= 0.3 is 11.8 Å². The van der Waals surface area contributed by atoms with Crippen molar-refractivity contribution in [3.05, 3.63) is 35.4 Å². The van der Waals surface area contributed by atoms with Gasteiger partial charge in [-0.05, 0) is 17.5 Å². The highest BCUT2D eigenvalue weighted by molar-refractivity contribution is 6.35. The fraction of sp³-hybridized carbons (Fsp3) is 0.500. The number of amides is 3. The van der Waals surface area contributed by atoms with Crippen LogP contribution >= 0.6 is 0 Å². The van der Waals surface area contributed by atoms with Gasteiger partial charge in [-0.1, -0.05) is 24.3 Å². The molecule has 1 aromatic carbocycles. The SMILES string of the molecule is CN(CCN1CCCC1=O)C(=O)C(=O)NC1COCc2ccccc21. The second-order valence-corrected chi connectivity index (χ2v) is 6.45. The molecular weight excluding hydrogens is 322 g/mol. The lowest BCUT2D eigenvalue weighted by molar-refractivity contribution is -0.146. The molecule has 1 fully saturated rings. The molecule has 2 aliphatic rings. The summed E-state index contributed by atoms with van der Waals surface area (Å²) in [7, 11) is 1.58. The number of nitrogens with zero attached hydrogens (tertiary/aromatic N) is 2. The summed E-state index contributed by atoms with van der Waals surface area (Å²) in [5, 5.41) is 2.76. The topological polar surface area (TPSA) is 79.0 Å². The van der Waals surface area contributed by atoms with Crippen LogP contribution in [0.25, 0.3) is 0 Å². The van der Waals surface area contributed by atoms with Crippen LogP contribution in [-0.2, 0) is 25.7 Å². The van der Waals surface area contributed by atoms with Crippen molar-refractivity contribution >= 4 is 17.7 Å². The zero-order valence-corrected chi connectivity index (χ0v) is 14.4. The van der Waals surface area contributed by atoms with Gasteiger partial charge in [0, 0.05) is 33.1 Å². The van der Waals surface area contributed by atoms with Crippen molar-refractivity contribution in [2.45, 2.75) is 25.5 Å². The van der Waals surface area contributed by atoms with Gasteiger partial charge in [-0.2, -0.15) is 0 Å². The molecule has 0 bridgehead atoms. The maximum absolute atomic E-state index is 12.3. The molecule has 0 spiro atoms. The molecule has 7 heteroatoms. The number of carbonyl (C=O) groups excluding carboxylic acids is 3. The lowest BCUT2D eigenvalue weighted by Crippen LogP contribution is -2.46. The number of nitrogens with one attached hydrogen (secondary N) is 1. The number of benzene rings is 1. The van der Waals surface area contributed by atoms with Gasteiger partial charge in [0.15, 0.2) is 0 Å². The third-order valence-electron chi connectivity index (χ3n) is 4.70. The Morgan fingerprint density at radius 3 is 2.92 bits per heavy atom. The Morgan fingerprint density at radius 1 is 1.36 bits per heavy atom. The highest BCUT2D eigenvalue weighted by Gasteiger charge is 2.27. The van der Waals surface area contributed by atoms with E-state index in [1.807, 2.05) is 24.3 Å². The third-order valence-corrected chi connectivity index (χ3v) is 4.70. The minimum Gasteiger partial charge on any atom is -0.374 e. The highest BCUT2D eigenvalue weighted by Crippen LogP contribution is 2.24. The van der Waals surface area contributed by atoms with Crippen molar-refractivity contribution in [3.63, 3.8) is 0 Å². The molecule has 1 aromatic rings. The highest BCUT2D eigenvalue weighted by atomic mass is 16.5. The van der Waals surface area contributed by atoms with Crippen LogP contribution in [0, 0.1) is 0 Å². The van der Waals surface area contributed by atoms with Gasteiger partial charge in [-0.3, -0.25) is 14.4 Å². The Balaban J connectivity index is 1.54. The number of likely N-dealkylation sites (tertiary alicyclic amines) is 1. The zero-order chi connectivity index (χ0) is 17.8. The number of fused-ring (bicyclic) bond motifs is 1. The van der Waals surface area contributed by atoms with E-state index in [0.717, 1.165) is 24.1 Å². The fourth-order valence-electron chi connectivity index (χ4n) is 3.21. The third kappa shape index (κ3) is 3.99. The van der Waals surface area contributed by atoms with Crippen molar-refractivity contribution in [2.75, 3.05) is 33.3 Å². The first-order valence-corrected chi connectivity index (χ1v) is 8.55. The molecule has 1 atom stereocenters. The zero-order valence-electron chi connectivity index (χ0n) is 14.4. The maximum Gasteiger partial charge on any atom is 0.311 e. The smallest absolute Gasteiger partial charge is 0.311 e. The predicted octanol–water partition coefficient (Wildman–Crippen LogP) is 0.455. The van der Waals surface area contributed by atoms with Crippen LogP contribution in [-0.4, -0.2) is 60.8 Å². The van der Waals surface area contributed by atoms with Crippen molar-refractivity contribution in [1.82, 2.24) is 15.1 Å².